The minimum atomic E-state index is -3.81. The van der Waals surface area contributed by atoms with Crippen LogP contribution >= 0.6 is 11.3 Å². The third-order valence-electron chi connectivity index (χ3n) is 5.28. The van der Waals surface area contributed by atoms with Crippen LogP contribution in [-0.4, -0.2) is 33.7 Å². The van der Waals surface area contributed by atoms with Gasteiger partial charge in [-0.1, -0.05) is 17.7 Å². The molecule has 2 N–H and O–H groups in total. The van der Waals surface area contributed by atoms with Crippen LogP contribution in [0, 0.1) is 6.92 Å². The van der Waals surface area contributed by atoms with Crippen LogP contribution in [0.4, 0.5) is 5.69 Å². The molecule has 4 rings (SSSR count). The van der Waals surface area contributed by atoms with E-state index in [0.29, 0.717) is 11.3 Å². The minimum Gasteiger partial charge on any atom is -0.502 e. The molecule has 0 bridgehead atoms. The van der Waals surface area contributed by atoms with Crippen molar-refractivity contribution in [3.8, 4) is 17.2 Å². The topological polar surface area (TPSA) is 102 Å². The van der Waals surface area contributed by atoms with Gasteiger partial charge in [-0.3, -0.25) is 4.79 Å². The lowest BCUT2D eigenvalue weighted by molar-refractivity contribution is -0.116. The molecule has 2 aromatic carbocycles. The Morgan fingerprint density at radius 2 is 1.71 bits per heavy atom. The zero-order chi connectivity index (χ0) is 22.3. The molecule has 31 heavy (non-hydrogen) atoms. The summed E-state index contributed by atoms with van der Waals surface area (Å²) in [6, 6.07) is 9.88. The summed E-state index contributed by atoms with van der Waals surface area (Å²) in [7, 11) is -0.958. The Morgan fingerprint density at radius 3 is 2.29 bits per heavy atom. The Labute approximate surface area is 184 Å². The van der Waals surface area contributed by atoms with Gasteiger partial charge in [0.15, 0.2) is 11.5 Å². The molecular weight excluding hydrogens is 438 g/mol. The van der Waals surface area contributed by atoms with Crippen LogP contribution in [0.3, 0.4) is 0 Å². The maximum absolute atomic E-state index is 13.3. The van der Waals surface area contributed by atoms with Crippen molar-refractivity contribution in [2.45, 2.75) is 29.1 Å². The molecule has 1 amide bonds. The molecule has 1 aromatic heterocycles. The number of phenols is 1. The first-order valence-corrected chi connectivity index (χ1v) is 11.8. The molecule has 3 aromatic rings. The number of phenolic OH excluding ortho intramolecular Hbond substituents is 1. The number of aromatic hydroxyl groups is 1. The predicted molar refractivity (Wildman–Crippen MR) is 117 cm³/mol. The van der Waals surface area contributed by atoms with Gasteiger partial charge < -0.3 is 19.9 Å². The van der Waals surface area contributed by atoms with E-state index in [0.717, 1.165) is 10.4 Å². The van der Waals surface area contributed by atoms with Gasteiger partial charge in [0.2, 0.25) is 21.5 Å². The lowest BCUT2D eigenvalue weighted by Crippen LogP contribution is -2.23. The van der Waals surface area contributed by atoms with E-state index in [9.17, 15) is 18.3 Å². The number of carbonyl (C=O) groups is 1. The molecule has 9 heteroatoms. The maximum Gasteiger partial charge on any atom is 0.225 e. The quantitative estimate of drug-likeness (QED) is 0.596. The molecule has 7 nitrogen and oxygen atoms in total. The molecule has 0 saturated carbocycles. The number of hydrogen-bond donors (Lipinski definition) is 2. The summed E-state index contributed by atoms with van der Waals surface area (Å²) < 4.78 is 37.0. The van der Waals surface area contributed by atoms with Gasteiger partial charge in [0.05, 0.1) is 24.8 Å². The van der Waals surface area contributed by atoms with E-state index in [1.54, 1.807) is 41.8 Å². The van der Waals surface area contributed by atoms with E-state index < -0.39 is 15.8 Å². The molecule has 0 saturated heterocycles. The van der Waals surface area contributed by atoms with Crippen molar-refractivity contribution in [2.24, 2.45) is 0 Å². The Hall–Kier alpha value is -3.04. The van der Waals surface area contributed by atoms with Gasteiger partial charge in [-0.15, -0.1) is 11.3 Å². The third-order valence-corrected chi connectivity index (χ3v) is 8.32. The number of methoxy groups -OCH3 is 2. The number of rotatable bonds is 5. The summed E-state index contributed by atoms with van der Waals surface area (Å²) in [5, 5.41) is 14.5. The number of ether oxygens (including phenoxy) is 2. The second kappa shape index (κ2) is 7.90. The predicted octanol–water partition coefficient (Wildman–Crippen LogP) is 4.09. The van der Waals surface area contributed by atoms with Crippen LogP contribution in [0.5, 0.6) is 17.2 Å². The van der Waals surface area contributed by atoms with Crippen molar-refractivity contribution in [2.75, 3.05) is 19.5 Å². The van der Waals surface area contributed by atoms with E-state index in [-0.39, 0.29) is 39.4 Å². The number of benzene rings is 2. The van der Waals surface area contributed by atoms with E-state index in [4.69, 9.17) is 9.47 Å². The Morgan fingerprint density at radius 1 is 1.10 bits per heavy atom. The van der Waals surface area contributed by atoms with E-state index >= 15 is 0 Å². The Balaban J connectivity index is 1.84. The lowest BCUT2D eigenvalue weighted by atomic mass is 9.90. The highest BCUT2D eigenvalue weighted by atomic mass is 32.2. The number of sulfone groups is 1. The zero-order valence-corrected chi connectivity index (χ0v) is 18.8. The smallest absolute Gasteiger partial charge is 0.225 e. The average molecular weight is 460 g/mol. The summed E-state index contributed by atoms with van der Waals surface area (Å²) >= 11 is 1.27. The van der Waals surface area contributed by atoms with Crippen LogP contribution in [0.2, 0.25) is 0 Å². The molecule has 1 atom stereocenters. The van der Waals surface area contributed by atoms with E-state index in [2.05, 4.69) is 5.32 Å². The molecule has 162 valence electrons. The molecule has 1 aliphatic rings. The second-order valence-electron chi connectivity index (χ2n) is 7.23. The minimum absolute atomic E-state index is 0.0760. The lowest BCUT2D eigenvalue weighted by Gasteiger charge is -2.24. The Kier molecular flexibility index (Phi) is 5.40. The van der Waals surface area contributed by atoms with Crippen LogP contribution < -0.4 is 14.8 Å². The zero-order valence-electron chi connectivity index (χ0n) is 17.1. The summed E-state index contributed by atoms with van der Waals surface area (Å²) in [4.78, 5) is 13.5. The molecule has 2 heterocycles. The second-order valence-corrected chi connectivity index (χ2v) is 10.1. The van der Waals surface area contributed by atoms with Gasteiger partial charge in [0, 0.05) is 22.6 Å². The van der Waals surface area contributed by atoms with Crippen molar-refractivity contribution < 1.29 is 27.8 Å². The third kappa shape index (κ3) is 3.64. The fourth-order valence-corrected chi connectivity index (χ4v) is 6.54. The van der Waals surface area contributed by atoms with Gasteiger partial charge in [-0.25, -0.2) is 8.42 Å². The van der Waals surface area contributed by atoms with Crippen LogP contribution in [-0.2, 0) is 14.6 Å². The van der Waals surface area contributed by atoms with Gasteiger partial charge >= 0.3 is 0 Å². The molecule has 0 unspecified atom stereocenters. The Bertz CT molecular complexity index is 1240. The number of aryl methyl sites for hydroxylation is 1. The average Bonchev–Trinajstić information content (AvgIpc) is 3.18. The monoisotopic (exact) mass is 459 g/mol. The fourth-order valence-electron chi connectivity index (χ4n) is 3.63. The van der Waals surface area contributed by atoms with Crippen molar-refractivity contribution >= 4 is 32.8 Å². The SMILES string of the molecule is COc1cc([C@H]2CC(=O)Nc3c(S(=O)(=O)c4ccc(C)cc4)csc32)cc(OC)c1O. The van der Waals surface area contributed by atoms with E-state index in [1.165, 1.54) is 25.6 Å². The fraction of sp³-hybridized carbons (Fsp3) is 0.227. The van der Waals surface area contributed by atoms with Crippen LogP contribution in [0.1, 0.15) is 28.3 Å². The summed E-state index contributed by atoms with van der Waals surface area (Å²) in [6.07, 6.45) is 0.134. The molecular formula is C22H21NO6S2. The van der Waals surface area contributed by atoms with Crippen LogP contribution in [0.15, 0.2) is 51.6 Å². The van der Waals surface area contributed by atoms with Crippen LogP contribution in [0.25, 0.3) is 0 Å². The number of anilines is 1. The summed E-state index contributed by atoms with van der Waals surface area (Å²) in [6.45, 7) is 1.88. The van der Waals surface area contributed by atoms with Crippen molar-refractivity contribution in [3.63, 3.8) is 0 Å². The van der Waals surface area contributed by atoms with Gasteiger partial charge in [-0.2, -0.15) is 0 Å². The highest BCUT2D eigenvalue weighted by Gasteiger charge is 2.35. The number of amides is 1. The van der Waals surface area contributed by atoms with E-state index in [1.807, 2.05) is 6.92 Å². The van der Waals surface area contributed by atoms with Crippen molar-refractivity contribution in [3.05, 3.63) is 57.8 Å². The number of thiophene rings is 1. The van der Waals surface area contributed by atoms with Gasteiger partial charge in [0.1, 0.15) is 4.90 Å². The van der Waals surface area contributed by atoms with Gasteiger partial charge in [0.25, 0.3) is 0 Å². The largest absolute Gasteiger partial charge is 0.502 e. The standard InChI is InChI=1S/C22H21NO6S2/c1-12-4-6-14(7-5-12)31(26,27)18-11-30-22-15(10-19(24)23-20(18)22)13-8-16(28-2)21(25)17(9-13)29-3/h4-9,11,15,25H,10H2,1-3H3,(H,23,24)/t15-/m1/s1. The normalized spacial score (nSPS) is 15.8. The number of hydrogen-bond acceptors (Lipinski definition) is 7. The highest BCUT2D eigenvalue weighted by molar-refractivity contribution is 7.91. The number of nitrogens with one attached hydrogen (secondary N) is 1. The molecule has 1 aliphatic heterocycles. The van der Waals surface area contributed by atoms with Gasteiger partial charge in [-0.05, 0) is 36.8 Å². The first-order chi connectivity index (χ1) is 14.8. The molecule has 0 spiro atoms. The first kappa shape index (κ1) is 21.2. The summed E-state index contributed by atoms with van der Waals surface area (Å²) in [5.41, 5.74) is 1.94. The van der Waals surface area contributed by atoms with Crippen molar-refractivity contribution in [1.82, 2.24) is 0 Å². The van der Waals surface area contributed by atoms with Crippen molar-refractivity contribution in [1.29, 1.82) is 0 Å². The molecule has 0 aliphatic carbocycles. The molecule has 0 radical (unpaired) electrons. The molecule has 0 fully saturated rings. The summed E-state index contributed by atoms with van der Waals surface area (Å²) in [5.74, 6) is -0.402. The first-order valence-electron chi connectivity index (χ1n) is 9.44. The maximum atomic E-state index is 13.3. The number of carbonyl (C=O) groups excluding carboxylic acids is 1. The number of fused-ring (bicyclic) bond motifs is 1. The highest BCUT2D eigenvalue weighted by Crippen LogP contribution is 2.48.